The highest BCUT2D eigenvalue weighted by atomic mass is 32.1. The number of amides is 5. The molecule has 1 saturated heterocycles. The van der Waals surface area contributed by atoms with Crippen molar-refractivity contribution in [1.29, 1.82) is 0 Å². The molecule has 456 valence electrons. The number of carbonyl (C=O) groups excluding carboxylic acids is 7. The first-order chi connectivity index (χ1) is 41.8. The molecule has 3 aliphatic heterocycles. The number of ether oxygens (including phenoxy) is 2. The normalized spacial score (nSPS) is 18.9. The molecule has 0 bridgehead atoms. The lowest BCUT2D eigenvalue weighted by Gasteiger charge is -2.35. The van der Waals surface area contributed by atoms with Gasteiger partial charge >= 0.3 is 6.09 Å². The molecule has 0 saturated carbocycles. The molecule has 7 atom stereocenters. The molecular formula is C70H80N6O10S. The van der Waals surface area contributed by atoms with E-state index >= 15 is 0 Å². The van der Waals surface area contributed by atoms with Crippen molar-refractivity contribution in [3.05, 3.63) is 165 Å². The summed E-state index contributed by atoms with van der Waals surface area (Å²) < 4.78 is 12.3. The minimum absolute atomic E-state index is 0.0284. The Bertz CT molecular complexity index is 3460. The first kappa shape index (κ1) is 62.2. The highest BCUT2D eigenvalue weighted by Crippen LogP contribution is 2.45. The van der Waals surface area contributed by atoms with Crippen LogP contribution in [-0.2, 0) is 70.5 Å². The zero-order chi connectivity index (χ0) is 61.5. The molecule has 4 aliphatic rings. The van der Waals surface area contributed by atoms with E-state index in [-0.39, 0.29) is 87.1 Å². The monoisotopic (exact) mass is 1200 g/mol. The Morgan fingerprint density at radius 1 is 0.793 bits per heavy atom. The number of Topliss-reactive ketones (excluding diaryl/α,β-unsaturated/α-hetero) is 2. The average molecular weight is 1200 g/mol. The van der Waals surface area contributed by atoms with Crippen LogP contribution in [0, 0.1) is 18.3 Å². The number of carbonyl (C=O) groups is 7. The van der Waals surface area contributed by atoms with Crippen molar-refractivity contribution in [2.45, 2.75) is 167 Å². The van der Waals surface area contributed by atoms with E-state index in [2.05, 4.69) is 27.8 Å². The maximum atomic E-state index is 14.6. The second-order valence-electron chi connectivity index (χ2n) is 25.1. The summed E-state index contributed by atoms with van der Waals surface area (Å²) in [5.41, 5.74) is 18.8. The van der Waals surface area contributed by atoms with Crippen LogP contribution in [0.15, 0.2) is 121 Å². The number of nitrogens with two attached hydrogens (primary N) is 1. The standard InChI is InChI=1S/C70H80N6O10S/c1-42-65(87-41-72-42)48-28-25-45(26-29-48)27-33-60(78)58-37-51(77)38-75(58)68(83)66(70(3,4)5)74-63(81)20-11-6-13-44-21-23-46(24-22-44)39-85-43(2)49(31-34-62(71)80)36-61(79)59-35-50-15-12-14-47-30-32-57(67(82)76(59)64(47)50)73-69(84)86-40-56-54-18-9-7-16-52(54)53-17-8-10-19-55(53)56/h7-10,12,14-19,21-26,28-29,41,43,49,51,56-59,66,77H,6,11,13,20,27,30-40H2,1-5H3,(H2,71,80)(H,73,84)(H,74,81)/t43-,49-,51+,57+,58+,59+,66-/m1/s1. The Morgan fingerprint density at radius 2 is 1.46 bits per heavy atom. The molecule has 10 rings (SSSR count). The molecule has 0 spiro atoms. The van der Waals surface area contributed by atoms with Gasteiger partial charge in [-0.15, -0.1) is 11.3 Å². The van der Waals surface area contributed by atoms with Crippen LogP contribution in [0.1, 0.15) is 136 Å². The third-order valence-electron chi connectivity index (χ3n) is 17.9. The lowest BCUT2D eigenvalue weighted by molar-refractivity contribution is -0.143. The number of fused-ring (bicyclic) bond motifs is 3. The van der Waals surface area contributed by atoms with Crippen molar-refractivity contribution in [2.75, 3.05) is 18.1 Å². The van der Waals surface area contributed by atoms with Crippen molar-refractivity contribution < 1.29 is 48.1 Å². The fourth-order valence-electron chi connectivity index (χ4n) is 13.1. The van der Waals surface area contributed by atoms with Crippen molar-refractivity contribution >= 4 is 58.3 Å². The van der Waals surface area contributed by atoms with Gasteiger partial charge < -0.3 is 35.8 Å². The van der Waals surface area contributed by atoms with Crippen LogP contribution in [0.4, 0.5) is 10.5 Å². The van der Waals surface area contributed by atoms with Crippen LogP contribution < -0.4 is 21.3 Å². The number of thiazole rings is 1. The number of benzene rings is 5. The van der Waals surface area contributed by atoms with E-state index in [9.17, 15) is 38.7 Å². The molecule has 5 aromatic carbocycles. The fraction of sp³-hybridized carbons (Fsp3) is 0.429. The molecule has 1 fully saturated rings. The first-order valence-corrected chi connectivity index (χ1v) is 31.5. The lowest BCUT2D eigenvalue weighted by atomic mass is 9.85. The molecule has 6 aromatic rings. The van der Waals surface area contributed by atoms with Crippen molar-refractivity contribution in [2.24, 2.45) is 17.1 Å². The van der Waals surface area contributed by atoms with Crippen LogP contribution in [0.5, 0.6) is 0 Å². The Hall–Kier alpha value is -7.86. The molecular weight excluding hydrogens is 1120 g/mol. The van der Waals surface area contributed by atoms with Gasteiger partial charge in [-0.3, -0.25) is 33.7 Å². The minimum Gasteiger partial charge on any atom is -0.449 e. The van der Waals surface area contributed by atoms with E-state index in [0.29, 0.717) is 44.9 Å². The van der Waals surface area contributed by atoms with Gasteiger partial charge in [0.25, 0.3) is 0 Å². The summed E-state index contributed by atoms with van der Waals surface area (Å²) in [4.78, 5) is 105. The van der Waals surface area contributed by atoms with Crippen molar-refractivity contribution in [3.63, 3.8) is 0 Å². The number of ketones is 2. The van der Waals surface area contributed by atoms with E-state index in [4.69, 9.17) is 15.2 Å². The van der Waals surface area contributed by atoms with Gasteiger partial charge in [0.1, 0.15) is 18.7 Å². The minimum atomic E-state index is -0.927. The number of nitrogens with zero attached hydrogens (tertiary/aromatic N) is 3. The van der Waals surface area contributed by atoms with Crippen LogP contribution in [0.25, 0.3) is 21.6 Å². The topological polar surface area (TPSA) is 228 Å². The Labute approximate surface area is 513 Å². The van der Waals surface area contributed by atoms with Crippen LogP contribution >= 0.6 is 11.3 Å². The maximum absolute atomic E-state index is 14.6. The quantitative estimate of drug-likeness (QED) is 0.0394. The summed E-state index contributed by atoms with van der Waals surface area (Å²) in [5, 5.41) is 16.6. The maximum Gasteiger partial charge on any atom is 0.407 e. The Morgan fingerprint density at radius 3 is 2.14 bits per heavy atom. The van der Waals surface area contributed by atoms with Crippen LogP contribution in [0.2, 0.25) is 0 Å². The molecule has 17 heteroatoms. The average Bonchev–Trinajstić information content (AvgIpc) is 1.78. The highest BCUT2D eigenvalue weighted by Gasteiger charge is 2.46. The number of hydrogen-bond donors (Lipinski definition) is 4. The van der Waals surface area contributed by atoms with E-state index in [1.807, 2.05) is 143 Å². The van der Waals surface area contributed by atoms with Gasteiger partial charge in [0, 0.05) is 51.0 Å². The van der Waals surface area contributed by atoms with Gasteiger partial charge in [0.05, 0.1) is 52.7 Å². The zero-order valence-corrected chi connectivity index (χ0v) is 51.2. The number of aromatic nitrogens is 1. The van der Waals surface area contributed by atoms with Gasteiger partial charge in [-0.05, 0) is 126 Å². The number of para-hydroxylation sites is 1. The SMILES string of the molecule is Cc1ncsc1-c1ccc(CCC(=O)[C@@H]2C[C@H](O)CN2C(=O)[C@@H](NC(=O)CCCCc2ccc(CO[C@H](C)[C@H](CCC(N)=O)CC(=O)[C@@H]3Cc4cccc5c4N3C(=O)[C@@H](NC(=O)OCC3c4ccccc4-c4ccccc43)CC5)cc2)C(C)(C)C)cc1. The molecule has 5 amide bonds. The second kappa shape index (κ2) is 27.5. The second-order valence-corrected chi connectivity index (χ2v) is 25.9. The third kappa shape index (κ3) is 14.6. The number of aryl methyl sites for hydroxylation is 4. The summed E-state index contributed by atoms with van der Waals surface area (Å²) in [5.74, 6) is -2.31. The molecule has 0 radical (unpaired) electrons. The number of alkyl carbamates (subject to hydrolysis) is 1. The highest BCUT2D eigenvalue weighted by molar-refractivity contribution is 7.13. The zero-order valence-electron chi connectivity index (χ0n) is 50.4. The molecule has 5 N–H and O–H groups in total. The molecule has 87 heavy (non-hydrogen) atoms. The number of primary amides is 1. The lowest BCUT2D eigenvalue weighted by Crippen LogP contribution is -2.56. The van der Waals surface area contributed by atoms with E-state index in [0.717, 1.165) is 78.3 Å². The van der Waals surface area contributed by atoms with Gasteiger partial charge in [-0.2, -0.15) is 0 Å². The smallest absolute Gasteiger partial charge is 0.407 e. The third-order valence-corrected chi connectivity index (χ3v) is 18.9. The number of hydrogen-bond acceptors (Lipinski definition) is 12. The summed E-state index contributed by atoms with van der Waals surface area (Å²) in [6, 6.07) is 34.7. The predicted octanol–water partition coefficient (Wildman–Crippen LogP) is 10.1. The van der Waals surface area contributed by atoms with Crippen LogP contribution in [-0.4, -0.2) is 106 Å². The summed E-state index contributed by atoms with van der Waals surface area (Å²) in [6.07, 6.45) is 2.69. The Balaban J connectivity index is 0.686. The number of rotatable bonds is 25. The van der Waals surface area contributed by atoms with Crippen LogP contribution in [0.3, 0.4) is 0 Å². The fourth-order valence-corrected chi connectivity index (χ4v) is 13.9. The number of β-amino-alcohol motifs (C(OH)–C–C–N with tert-alkyl or cyclic N) is 1. The van der Waals surface area contributed by atoms with Gasteiger partial charge in [-0.1, -0.05) is 136 Å². The Kier molecular flexibility index (Phi) is 19.6. The summed E-state index contributed by atoms with van der Waals surface area (Å²) >= 11 is 1.58. The van der Waals surface area contributed by atoms with E-state index < -0.39 is 59.7 Å². The van der Waals surface area contributed by atoms with Gasteiger partial charge in [0.2, 0.25) is 23.6 Å². The number of likely N-dealkylation sites (tertiary alicyclic amines) is 1. The number of nitrogens with one attached hydrogen (secondary N) is 2. The summed E-state index contributed by atoms with van der Waals surface area (Å²) in [6.45, 7) is 9.88. The number of aliphatic hydroxyl groups excluding tert-OH is 1. The molecule has 1 aliphatic carbocycles. The first-order valence-electron chi connectivity index (χ1n) is 30.7. The molecule has 4 heterocycles. The predicted molar refractivity (Wildman–Crippen MR) is 335 cm³/mol. The van der Waals surface area contributed by atoms with E-state index in [1.54, 1.807) is 16.2 Å². The van der Waals surface area contributed by atoms with Gasteiger partial charge in [0.15, 0.2) is 11.6 Å². The molecule has 1 aromatic heterocycles. The number of unbranched alkanes of at least 4 members (excludes halogenated alkanes) is 1. The van der Waals surface area contributed by atoms with E-state index in [1.165, 1.54) is 4.90 Å². The molecule has 16 nitrogen and oxygen atoms in total. The van der Waals surface area contributed by atoms with Crippen molar-refractivity contribution in [3.8, 4) is 21.6 Å². The number of aliphatic hydroxyl groups is 1. The van der Waals surface area contributed by atoms with Gasteiger partial charge in [-0.25, -0.2) is 9.78 Å². The number of anilines is 1. The summed E-state index contributed by atoms with van der Waals surface area (Å²) in [7, 11) is 0. The molecule has 0 unspecified atom stereocenters. The largest absolute Gasteiger partial charge is 0.449 e. The van der Waals surface area contributed by atoms with Crippen molar-refractivity contribution in [1.82, 2.24) is 20.5 Å².